The number of benzene rings is 1. The van der Waals surface area contributed by atoms with Crippen molar-refractivity contribution in [2.75, 3.05) is 0 Å². The lowest BCUT2D eigenvalue weighted by Crippen LogP contribution is -2.17. The first-order valence-electron chi connectivity index (χ1n) is 9.57. The Hall–Kier alpha value is -2.92. The molecule has 4 aromatic rings. The molecule has 3 aromatic heterocycles. The molecule has 9 nitrogen and oxygen atoms in total. The van der Waals surface area contributed by atoms with Crippen LogP contribution in [0.2, 0.25) is 10.2 Å². The second kappa shape index (κ2) is 8.45. The van der Waals surface area contributed by atoms with Crippen LogP contribution in [0.3, 0.4) is 0 Å². The van der Waals surface area contributed by atoms with Crippen LogP contribution < -0.4 is 15.3 Å². The summed E-state index contributed by atoms with van der Waals surface area (Å²) < 4.78 is 37.5. The molecule has 0 amide bonds. The molecule has 0 saturated heterocycles. The fraction of sp³-hybridized carbons (Fsp3) is 0.190. The van der Waals surface area contributed by atoms with Crippen molar-refractivity contribution in [1.82, 2.24) is 14.8 Å². The minimum absolute atomic E-state index is 0.0539. The zero-order chi connectivity index (χ0) is 24.1. The Morgan fingerprint density at radius 1 is 1.24 bits per heavy atom. The topological polar surface area (TPSA) is 130 Å². The Balaban J connectivity index is 1.89. The third-order valence-electron chi connectivity index (χ3n) is 4.88. The van der Waals surface area contributed by atoms with Crippen LogP contribution in [-0.4, -0.2) is 23.2 Å². The molecule has 1 unspecified atom stereocenters. The van der Waals surface area contributed by atoms with Gasteiger partial charge in [0, 0.05) is 18.8 Å². The van der Waals surface area contributed by atoms with Gasteiger partial charge in [0.25, 0.3) is 10.0 Å². The molecule has 33 heavy (non-hydrogen) atoms. The highest BCUT2D eigenvalue weighted by Crippen LogP contribution is 2.35. The van der Waals surface area contributed by atoms with Crippen molar-refractivity contribution in [1.29, 1.82) is 0 Å². The molecular formula is C21H18Cl2N4O5S. The van der Waals surface area contributed by atoms with Gasteiger partial charge in [-0.1, -0.05) is 23.2 Å². The van der Waals surface area contributed by atoms with Crippen molar-refractivity contribution < 1.29 is 17.6 Å². The molecule has 0 spiro atoms. The molecule has 3 heterocycles. The summed E-state index contributed by atoms with van der Waals surface area (Å²) in [6.07, 6.45) is 2.44. The molecule has 0 saturated carbocycles. The maximum atomic E-state index is 13.1. The monoisotopic (exact) mass is 508 g/mol. The number of halogens is 2. The molecule has 1 atom stereocenters. The molecule has 0 bridgehead atoms. The SMILES string of the molecule is Cc1cc(C(C)Oc2ccc(Cl)nc2S(N)(=O)=O)c2oc(-c3cnn(C)c3)c(Cl)c(=O)c2c1. The number of hydrogen-bond donors (Lipinski definition) is 1. The van der Waals surface area contributed by atoms with Crippen molar-refractivity contribution in [2.24, 2.45) is 12.2 Å². The minimum Gasteiger partial charge on any atom is -0.483 e. The maximum Gasteiger partial charge on any atom is 0.259 e. The van der Waals surface area contributed by atoms with E-state index < -0.39 is 26.6 Å². The van der Waals surface area contributed by atoms with E-state index in [1.165, 1.54) is 18.3 Å². The predicted octanol–water partition coefficient (Wildman–Crippen LogP) is 3.99. The molecule has 0 aliphatic heterocycles. The summed E-state index contributed by atoms with van der Waals surface area (Å²) in [6, 6.07) is 6.18. The molecule has 4 rings (SSSR count). The second-order valence-electron chi connectivity index (χ2n) is 7.45. The van der Waals surface area contributed by atoms with E-state index in [0.29, 0.717) is 11.1 Å². The van der Waals surface area contributed by atoms with E-state index in [0.717, 1.165) is 5.56 Å². The fourth-order valence-electron chi connectivity index (χ4n) is 3.43. The smallest absolute Gasteiger partial charge is 0.259 e. The zero-order valence-corrected chi connectivity index (χ0v) is 20.0. The van der Waals surface area contributed by atoms with Gasteiger partial charge in [0.2, 0.25) is 10.5 Å². The van der Waals surface area contributed by atoms with Crippen molar-refractivity contribution in [3.05, 3.63) is 68.2 Å². The summed E-state index contributed by atoms with van der Waals surface area (Å²) >= 11 is 12.2. The van der Waals surface area contributed by atoms with Crippen molar-refractivity contribution >= 4 is 44.2 Å². The summed E-state index contributed by atoms with van der Waals surface area (Å²) in [5.74, 6) is 0.0748. The molecular weight excluding hydrogens is 491 g/mol. The fourth-order valence-corrected chi connectivity index (χ4v) is 4.50. The number of sulfonamides is 1. The van der Waals surface area contributed by atoms with Gasteiger partial charge in [0.05, 0.1) is 17.1 Å². The average molecular weight is 509 g/mol. The molecule has 0 fully saturated rings. The third kappa shape index (κ3) is 4.47. The van der Waals surface area contributed by atoms with E-state index in [1.807, 2.05) is 0 Å². The van der Waals surface area contributed by atoms with Crippen molar-refractivity contribution in [3.8, 4) is 17.1 Å². The highest BCUT2D eigenvalue weighted by atomic mass is 35.5. The Morgan fingerprint density at radius 2 is 1.97 bits per heavy atom. The van der Waals surface area contributed by atoms with Crippen LogP contribution >= 0.6 is 23.2 Å². The van der Waals surface area contributed by atoms with E-state index in [9.17, 15) is 13.2 Å². The van der Waals surface area contributed by atoms with Crippen LogP contribution in [0.1, 0.15) is 24.2 Å². The van der Waals surface area contributed by atoms with Crippen LogP contribution in [0.5, 0.6) is 5.75 Å². The van der Waals surface area contributed by atoms with Crippen molar-refractivity contribution in [3.63, 3.8) is 0 Å². The van der Waals surface area contributed by atoms with Gasteiger partial charge in [0.15, 0.2) is 11.5 Å². The molecule has 172 valence electrons. The van der Waals surface area contributed by atoms with E-state index >= 15 is 0 Å². The Kier molecular flexibility index (Phi) is 5.95. The van der Waals surface area contributed by atoms with E-state index in [4.69, 9.17) is 37.5 Å². The summed E-state index contributed by atoms with van der Waals surface area (Å²) in [7, 11) is -2.48. The van der Waals surface area contributed by atoms with Gasteiger partial charge in [-0.2, -0.15) is 5.10 Å². The number of fused-ring (bicyclic) bond motifs is 1. The van der Waals surface area contributed by atoms with Gasteiger partial charge in [-0.15, -0.1) is 0 Å². The third-order valence-corrected chi connectivity index (χ3v) is 6.26. The van der Waals surface area contributed by atoms with Crippen LogP contribution in [0, 0.1) is 6.92 Å². The zero-order valence-electron chi connectivity index (χ0n) is 17.7. The lowest BCUT2D eigenvalue weighted by Gasteiger charge is -2.19. The first kappa shape index (κ1) is 23.2. The number of primary sulfonamides is 1. The van der Waals surface area contributed by atoms with Gasteiger partial charge < -0.3 is 9.15 Å². The highest BCUT2D eigenvalue weighted by molar-refractivity contribution is 7.89. The first-order chi connectivity index (χ1) is 15.5. The van der Waals surface area contributed by atoms with E-state index in [1.54, 1.807) is 43.9 Å². The number of aryl methyl sites for hydroxylation is 2. The minimum atomic E-state index is -4.21. The lowest BCUT2D eigenvalue weighted by atomic mass is 10.0. The first-order valence-corrected chi connectivity index (χ1v) is 11.9. The number of ether oxygens (including phenoxy) is 1. The summed E-state index contributed by atoms with van der Waals surface area (Å²) in [6.45, 7) is 3.48. The summed E-state index contributed by atoms with van der Waals surface area (Å²) in [5.41, 5.74) is 1.62. The Labute approximate surface area is 198 Å². The van der Waals surface area contributed by atoms with Gasteiger partial charge in [0.1, 0.15) is 21.9 Å². The van der Waals surface area contributed by atoms with Crippen LogP contribution in [0.25, 0.3) is 22.3 Å². The molecule has 0 radical (unpaired) electrons. The summed E-state index contributed by atoms with van der Waals surface area (Å²) in [5, 5.41) is 9.00. The number of rotatable bonds is 5. The largest absolute Gasteiger partial charge is 0.483 e. The maximum absolute atomic E-state index is 13.1. The number of hydrogen-bond acceptors (Lipinski definition) is 7. The van der Waals surface area contributed by atoms with Crippen LogP contribution in [0.15, 0.2) is 50.9 Å². The molecule has 0 aliphatic rings. The Morgan fingerprint density at radius 3 is 2.61 bits per heavy atom. The second-order valence-corrected chi connectivity index (χ2v) is 9.69. The standard InChI is InChI=1S/C21H18Cl2N4O5S/c1-10-6-13(11(2)31-15-4-5-16(22)26-21(15)33(24,29)30)20-14(7-10)18(28)17(23)19(32-20)12-8-25-27(3)9-12/h4-9,11H,1-3H3,(H2,24,29,30). The lowest BCUT2D eigenvalue weighted by molar-refractivity contribution is 0.219. The predicted molar refractivity (Wildman–Crippen MR) is 124 cm³/mol. The molecule has 1 aromatic carbocycles. The molecule has 2 N–H and O–H groups in total. The van der Waals surface area contributed by atoms with Gasteiger partial charge in [-0.05, 0) is 43.7 Å². The van der Waals surface area contributed by atoms with Crippen LogP contribution in [0.4, 0.5) is 0 Å². The highest BCUT2D eigenvalue weighted by Gasteiger charge is 2.24. The number of nitrogens with two attached hydrogens (primary N) is 1. The number of aromatic nitrogens is 3. The van der Waals surface area contributed by atoms with E-state index in [-0.39, 0.29) is 32.7 Å². The van der Waals surface area contributed by atoms with Crippen molar-refractivity contribution in [2.45, 2.75) is 25.0 Å². The molecule has 12 heteroatoms. The van der Waals surface area contributed by atoms with Gasteiger partial charge >= 0.3 is 0 Å². The Bertz CT molecular complexity index is 1560. The quantitative estimate of drug-likeness (QED) is 0.403. The normalized spacial score (nSPS) is 12.8. The van der Waals surface area contributed by atoms with E-state index in [2.05, 4.69) is 10.1 Å². The number of pyridine rings is 1. The summed E-state index contributed by atoms with van der Waals surface area (Å²) in [4.78, 5) is 16.8. The average Bonchev–Trinajstić information content (AvgIpc) is 3.17. The van der Waals surface area contributed by atoms with Crippen LogP contribution in [-0.2, 0) is 17.1 Å². The van der Waals surface area contributed by atoms with Gasteiger partial charge in [-0.3, -0.25) is 9.48 Å². The molecule has 0 aliphatic carbocycles. The number of nitrogens with zero attached hydrogens (tertiary/aromatic N) is 3. The van der Waals surface area contributed by atoms with Gasteiger partial charge in [-0.25, -0.2) is 18.5 Å².